The van der Waals surface area contributed by atoms with Gasteiger partial charge in [-0.2, -0.15) is 0 Å². The molecular weight excluding hydrogens is 358 g/mol. The zero-order valence-electron chi connectivity index (χ0n) is 14.1. The minimum Gasteiger partial charge on any atom is -0.486 e. The maximum atomic E-state index is 12.5. The molecule has 1 aliphatic carbocycles. The first-order valence-corrected chi connectivity index (χ1v) is 9.62. The highest BCUT2D eigenvalue weighted by atomic mass is 35.5. The van der Waals surface area contributed by atoms with Gasteiger partial charge < -0.3 is 15.8 Å². The first kappa shape index (κ1) is 18.2. The van der Waals surface area contributed by atoms with Crippen LogP contribution in [-0.4, -0.2) is 23.0 Å². The summed E-state index contributed by atoms with van der Waals surface area (Å²) in [6.45, 7) is 2.19. The molecule has 0 spiro atoms. The summed E-state index contributed by atoms with van der Waals surface area (Å²) in [4.78, 5) is 17.6. The molecule has 1 amide bonds. The number of amides is 1. The Morgan fingerprint density at radius 3 is 2.68 bits per heavy atom. The summed E-state index contributed by atoms with van der Waals surface area (Å²) in [7, 11) is 0. The average Bonchev–Trinajstić information content (AvgIpc) is 2.97. The Hall–Kier alpha value is -1.63. The minimum absolute atomic E-state index is 0.0479. The van der Waals surface area contributed by atoms with E-state index in [1.807, 2.05) is 19.1 Å². The Morgan fingerprint density at radius 2 is 2.00 bits per heavy atom. The van der Waals surface area contributed by atoms with Gasteiger partial charge >= 0.3 is 0 Å². The lowest BCUT2D eigenvalue weighted by molar-refractivity contribution is 0.0929. The van der Waals surface area contributed by atoms with E-state index < -0.39 is 0 Å². The Balaban J connectivity index is 1.57. The van der Waals surface area contributed by atoms with Crippen molar-refractivity contribution in [2.24, 2.45) is 5.73 Å². The third-order valence-electron chi connectivity index (χ3n) is 4.33. The van der Waals surface area contributed by atoms with E-state index in [1.54, 1.807) is 12.1 Å². The number of hydrogen-bond acceptors (Lipinski definition) is 5. The van der Waals surface area contributed by atoms with Gasteiger partial charge in [-0.25, -0.2) is 4.98 Å². The summed E-state index contributed by atoms with van der Waals surface area (Å²) in [6, 6.07) is 7.66. The number of nitrogens with one attached hydrogen (secondary N) is 1. The van der Waals surface area contributed by atoms with Crippen LogP contribution in [0, 0.1) is 6.92 Å². The SMILES string of the molecule is Cc1nc(COc2ccc(Cl)cc2)sc1C(=O)NC1CCC(N)CC1. The smallest absolute Gasteiger partial charge is 0.263 e. The number of aryl methyl sites for hydroxylation is 1. The van der Waals surface area contributed by atoms with Crippen molar-refractivity contribution in [1.29, 1.82) is 0 Å². The molecule has 0 saturated heterocycles. The van der Waals surface area contributed by atoms with Crippen LogP contribution in [0.15, 0.2) is 24.3 Å². The molecule has 1 aromatic carbocycles. The summed E-state index contributed by atoms with van der Waals surface area (Å²) < 4.78 is 5.70. The van der Waals surface area contributed by atoms with Gasteiger partial charge in [0, 0.05) is 17.1 Å². The lowest BCUT2D eigenvalue weighted by Crippen LogP contribution is -2.40. The summed E-state index contributed by atoms with van der Waals surface area (Å²) in [6.07, 6.45) is 3.81. The molecule has 0 bridgehead atoms. The maximum absolute atomic E-state index is 12.5. The van der Waals surface area contributed by atoms with Crippen molar-refractivity contribution in [3.05, 3.63) is 44.9 Å². The summed E-state index contributed by atoms with van der Waals surface area (Å²) in [5.74, 6) is 0.676. The molecular formula is C18H22ClN3O2S. The van der Waals surface area contributed by atoms with Gasteiger partial charge in [-0.15, -0.1) is 11.3 Å². The molecule has 0 aliphatic heterocycles. The van der Waals surface area contributed by atoms with Crippen molar-refractivity contribution in [2.75, 3.05) is 0 Å². The van der Waals surface area contributed by atoms with Gasteiger partial charge in [-0.1, -0.05) is 11.6 Å². The van der Waals surface area contributed by atoms with Crippen LogP contribution in [0.25, 0.3) is 0 Å². The largest absolute Gasteiger partial charge is 0.486 e. The number of ether oxygens (including phenoxy) is 1. The molecule has 0 unspecified atom stereocenters. The summed E-state index contributed by atoms with van der Waals surface area (Å²) in [5, 5.41) is 4.56. The molecule has 134 valence electrons. The van der Waals surface area contributed by atoms with Gasteiger partial charge in [-0.3, -0.25) is 4.79 Å². The second-order valence-electron chi connectivity index (χ2n) is 6.35. The zero-order valence-corrected chi connectivity index (χ0v) is 15.7. The number of aromatic nitrogens is 1. The van der Waals surface area contributed by atoms with Crippen LogP contribution in [0.1, 0.15) is 46.1 Å². The number of thiazole rings is 1. The number of hydrogen-bond donors (Lipinski definition) is 2. The first-order valence-electron chi connectivity index (χ1n) is 8.42. The van der Waals surface area contributed by atoms with Gasteiger partial charge in [0.05, 0.1) is 5.69 Å². The average molecular weight is 380 g/mol. The molecule has 1 aliphatic rings. The normalized spacial score (nSPS) is 20.3. The highest BCUT2D eigenvalue weighted by molar-refractivity contribution is 7.13. The van der Waals surface area contributed by atoms with Crippen LogP contribution in [-0.2, 0) is 6.61 Å². The molecule has 1 saturated carbocycles. The fourth-order valence-corrected chi connectivity index (χ4v) is 3.92. The van der Waals surface area contributed by atoms with Gasteiger partial charge in [0.1, 0.15) is 22.2 Å². The molecule has 1 aromatic heterocycles. The number of rotatable bonds is 5. The van der Waals surface area contributed by atoms with Crippen LogP contribution in [0.2, 0.25) is 5.02 Å². The van der Waals surface area contributed by atoms with E-state index in [4.69, 9.17) is 22.1 Å². The van der Waals surface area contributed by atoms with E-state index in [1.165, 1.54) is 11.3 Å². The highest BCUT2D eigenvalue weighted by Crippen LogP contribution is 2.23. The third kappa shape index (κ3) is 4.93. The predicted octanol–water partition coefficient (Wildman–Crippen LogP) is 3.68. The molecule has 25 heavy (non-hydrogen) atoms. The molecule has 5 nitrogen and oxygen atoms in total. The van der Waals surface area contributed by atoms with Crippen LogP contribution in [0.5, 0.6) is 5.75 Å². The topological polar surface area (TPSA) is 77.2 Å². The molecule has 0 radical (unpaired) electrons. The van der Waals surface area contributed by atoms with E-state index in [2.05, 4.69) is 10.3 Å². The van der Waals surface area contributed by atoms with Crippen LogP contribution in [0.4, 0.5) is 0 Å². The fraction of sp³-hybridized carbons (Fsp3) is 0.444. The number of halogens is 1. The second kappa shape index (κ2) is 8.17. The highest BCUT2D eigenvalue weighted by Gasteiger charge is 2.23. The van der Waals surface area contributed by atoms with Gasteiger partial charge in [0.15, 0.2) is 0 Å². The zero-order chi connectivity index (χ0) is 17.8. The monoisotopic (exact) mass is 379 g/mol. The number of benzene rings is 1. The third-order valence-corrected chi connectivity index (χ3v) is 5.71. The van der Waals surface area contributed by atoms with Crippen molar-refractivity contribution in [1.82, 2.24) is 10.3 Å². The Morgan fingerprint density at radius 1 is 1.32 bits per heavy atom. The van der Waals surface area contributed by atoms with Gasteiger partial charge in [0.2, 0.25) is 0 Å². The molecule has 0 atom stereocenters. The lowest BCUT2D eigenvalue weighted by Gasteiger charge is -2.26. The van der Waals surface area contributed by atoms with Crippen molar-refractivity contribution in [2.45, 2.75) is 51.3 Å². The quantitative estimate of drug-likeness (QED) is 0.830. The molecule has 1 fully saturated rings. The van der Waals surface area contributed by atoms with Gasteiger partial charge in [-0.05, 0) is 56.9 Å². The van der Waals surface area contributed by atoms with Gasteiger partial charge in [0.25, 0.3) is 5.91 Å². The number of nitrogens with zero attached hydrogens (tertiary/aromatic N) is 1. The van der Waals surface area contributed by atoms with Crippen LogP contribution in [0.3, 0.4) is 0 Å². The van der Waals surface area contributed by atoms with Crippen molar-refractivity contribution >= 4 is 28.8 Å². The van der Waals surface area contributed by atoms with Crippen LogP contribution < -0.4 is 15.8 Å². The Labute approximate surface area is 156 Å². The summed E-state index contributed by atoms with van der Waals surface area (Å²) >= 11 is 7.24. The van der Waals surface area contributed by atoms with E-state index in [-0.39, 0.29) is 18.0 Å². The standard InChI is InChI=1S/C18H22ClN3O2S/c1-11-17(18(23)22-14-6-4-13(20)5-7-14)25-16(21-11)10-24-15-8-2-12(19)3-9-15/h2-3,8-9,13-14H,4-7,10,20H2,1H3,(H,22,23). The van der Waals surface area contributed by atoms with E-state index in [0.29, 0.717) is 16.5 Å². The molecule has 1 heterocycles. The summed E-state index contributed by atoms with van der Waals surface area (Å²) in [5.41, 5.74) is 6.65. The number of carbonyl (C=O) groups is 1. The van der Waals surface area contributed by atoms with Crippen molar-refractivity contribution in [3.63, 3.8) is 0 Å². The minimum atomic E-state index is -0.0479. The molecule has 3 rings (SSSR count). The van der Waals surface area contributed by atoms with Crippen molar-refractivity contribution in [3.8, 4) is 5.75 Å². The number of nitrogens with two attached hydrogens (primary N) is 1. The molecule has 3 N–H and O–H groups in total. The Kier molecular flexibility index (Phi) is 5.93. The Bertz CT molecular complexity index is 724. The molecule has 7 heteroatoms. The van der Waals surface area contributed by atoms with Crippen molar-refractivity contribution < 1.29 is 9.53 Å². The maximum Gasteiger partial charge on any atom is 0.263 e. The van der Waals surface area contributed by atoms with E-state index in [0.717, 1.165) is 42.1 Å². The first-order chi connectivity index (χ1) is 12.0. The van der Waals surface area contributed by atoms with Crippen LogP contribution >= 0.6 is 22.9 Å². The molecule has 2 aromatic rings. The fourth-order valence-electron chi connectivity index (χ4n) is 2.92. The number of carbonyl (C=O) groups excluding carboxylic acids is 1. The lowest BCUT2D eigenvalue weighted by atomic mass is 9.92. The predicted molar refractivity (Wildman–Crippen MR) is 100 cm³/mol. The van der Waals surface area contributed by atoms with E-state index in [9.17, 15) is 4.79 Å². The van der Waals surface area contributed by atoms with E-state index >= 15 is 0 Å². The second-order valence-corrected chi connectivity index (χ2v) is 7.87.